The fourth-order valence-electron chi connectivity index (χ4n) is 10.7. The van der Waals surface area contributed by atoms with Crippen molar-refractivity contribution in [2.75, 3.05) is 9.80 Å². The summed E-state index contributed by atoms with van der Waals surface area (Å²) in [5, 5.41) is 4.44. The summed E-state index contributed by atoms with van der Waals surface area (Å²) in [6.07, 6.45) is 14.8. The van der Waals surface area contributed by atoms with Crippen LogP contribution in [0.25, 0.3) is 88.3 Å². The summed E-state index contributed by atoms with van der Waals surface area (Å²) in [5.41, 5.74) is 19.5. The summed E-state index contributed by atoms with van der Waals surface area (Å²) >= 11 is 0. The second-order valence-corrected chi connectivity index (χ2v) is 18.8. The number of pyridine rings is 4. The quantitative estimate of drug-likeness (QED) is 0.114. The first kappa shape index (κ1) is 45.6. The number of hydrogen-bond donors (Lipinski definition) is 0. The maximum absolute atomic E-state index is 4.43. The zero-order valence-corrected chi connectivity index (χ0v) is 41.4. The van der Waals surface area contributed by atoms with Gasteiger partial charge < -0.3 is 9.80 Å². The van der Waals surface area contributed by atoms with E-state index in [-0.39, 0.29) is 0 Å². The number of benzene rings is 9. The average molecular weight is 973 g/mol. The lowest BCUT2D eigenvalue weighted by molar-refractivity contribution is 1.22. The Morgan fingerprint density at radius 3 is 0.697 bits per heavy atom. The van der Waals surface area contributed by atoms with Crippen molar-refractivity contribution in [2.24, 2.45) is 0 Å². The summed E-state index contributed by atoms with van der Waals surface area (Å²) in [7, 11) is 0. The van der Waals surface area contributed by atoms with Crippen LogP contribution in [-0.2, 0) is 0 Å². The molecule has 13 aromatic rings. The molecule has 0 unspecified atom stereocenters. The van der Waals surface area contributed by atoms with Gasteiger partial charge in [0.25, 0.3) is 0 Å². The summed E-state index contributed by atoms with van der Waals surface area (Å²) in [4.78, 5) is 22.3. The number of hydrogen-bond acceptors (Lipinski definition) is 6. The van der Waals surface area contributed by atoms with Gasteiger partial charge in [0, 0.05) is 83.7 Å². The van der Waals surface area contributed by atoms with Crippen LogP contribution in [0, 0.1) is 0 Å². The van der Waals surface area contributed by atoms with Crippen LogP contribution in [0.3, 0.4) is 0 Å². The molecule has 0 aliphatic heterocycles. The average Bonchev–Trinajstić information content (AvgIpc) is 3.55. The summed E-state index contributed by atoms with van der Waals surface area (Å²) in [6.45, 7) is 0. The minimum Gasteiger partial charge on any atom is -0.310 e. The molecule has 0 atom stereocenters. The molecule has 9 aromatic carbocycles. The zero-order valence-electron chi connectivity index (χ0n) is 41.4. The predicted octanol–water partition coefficient (Wildman–Crippen LogP) is 18.5. The molecular formula is C70H48N6. The first-order valence-corrected chi connectivity index (χ1v) is 25.5. The van der Waals surface area contributed by atoms with Crippen molar-refractivity contribution in [3.8, 4) is 66.8 Å². The van der Waals surface area contributed by atoms with E-state index in [1.54, 1.807) is 0 Å². The predicted molar refractivity (Wildman–Crippen MR) is 315 cm³/mol. The van der Waals surface area contributed by atoms with Crippen molar-refractivity contribution in [3.63, 3.8) is 0 Å². The molecule has 0 radical (unpaired) electrons. The fourth-order valence-corrected chi connectivity index (χ4v) is 10.7. The van der Waals surface area contributed by atoms with Crippen LogP contribution in [-0.4, -0.2) is 19.9 Å². The molecule has 4 aromatic heterocycles. The summed E-state index contributed by atoms with van der Waals surface area (Å²) < 4.78 is 0. The van der Waals surface area contributed by atoms with Crippen LogP contribution >= 0.6 is 0 Å². The van der Waals surface area contributed by atoms with E-state index in [2.05, 4.69) is 272 Å². The Balaban J connectivity index is 1.19. The first-order valence-electron chi connectivity index (χ1n) is 25.5. The van der Waals surface area contributed by atoms with Gasteiger partial charge in [-0.15, -0.1) is 0 Å². The van der Waals surface area contributed by atoms with E-state index >= 15 is 0 Å². The van der Waals surface area contributed by atoms with E-state index in [1.165, 1.54) is 0 Å². The standard InChI is InChI=1S/C70H48N6/c1-5-13-49(14-6-1)53-41-54(50-15-7-2-8-16-50)44-57(43-53)69-65-23-21-64(76(61-29-37-73-38-30-61)62-31-39-74-40-32-62)48-68(65)70(58-45-55(51-17-9-3-10-18-51)42-56(46-58)52-19-11-4-12-20-52)66-24-22-63(47-67(66)69)75(59-25-33-71-34-26-59)60-27-35-72-36-28-60/h1-48H. The van der Waals surface area contributed by atoms with Gasteiger partial charge in [0.1, 0.15) is 0 Å². The Hall–Kier alpha value is -10.3. The molecule has 6 heteroatoms. The lowest BCUT2D eigenvalue weighted by Gasteiger charge is -2.28. The molecular weight excluding hydrogens is 925 g/mol. The second kappa shape index (κ2) is 20.3. The summed E-state index contributed by atoms with van der Waals surface area (Å²) in [5.74, 6) is 0. The van der Waals surface area contributed by atoms with E-state index in [4.69, 9.17) is 0 Å². The highest BCUT2D eigenvalue weighted by Crippen LogP contribution is 2.50. The monoisotopic (exact) mass is 972 g/mol. The Labute approximate surface area is 442 Å². The van der Waals surface area contributed by atoms with Crippen LogP contribution in [0.15, 0.2) is 292 Å². The van der Waals surface area contributed by atoms with Crippen molar-refractivity contribution in [1.29, 1.82) is 0 Å². The van der Waals surface area contributed by atoms with Gasteiger partial charge in [0.2, 0.25) is 0 Å². The highest BCUT2D eigenvalue weighted by Gasteiger charge is 2.24. The van der Waals surface area contributed by atoms with E-state index < -0.39 is 0 Å². The topological polar surface area (TPSA) is 58.0 Å². The Kier molecular flexibility index (Phi) is 12.2. The van der Waals surface area contributed by atoms with E-state index in [0.29, 0.717) is 0 Å². The molecule has 0 amide bonds. The van der Waals surface area contributed by atoms with E-state index in [9.17, 15) is 0 Å². The van der Waals surface area contributed by atoms with Gasteiger partial charge in [-0.3, -0.25) is 19.9 Å². The van der Waals surface area contributed by atoms with Gasteiger partial charge in [-0.25, -0.2) is 0 Å². The van der Waals surface area contributed by atoms with Crippen molar-refractivity contribution in [2.45, 2.75) is 0 Å². The number of aromatic nitrogens is 4. The molecule has 0 aliphatic carbocycles. The molecule has 0 bridgehead atoms. The highest BCUT2D eigenvalue weighted by atomic mass is 15.2. The first-order chi connectivity index (χ1) is 37.7. The van der Waals surface area contributed by atoms with Gasteiger partial charge in [0.05, 0.1) is 0 Å². The lowest BCUT2D eigenvalue weighted by Crippen LogP contribution is -2.10. The molecule has 76 heavy (non-hydrogen) atoms. The Bertz CT molecular complexity index is 3660. The van der Waals surface area contributed by atoms with Gasteiger partial charge in [0.15, 0.2) is 0 Å². The second-order valence-electron chi connectivity index (χ2n) is 18.8. The largest absolute Gasteiger partial charge is 0.310 e. The van der Waals surface area contributed by atoms with Crippen molar-refractivity contribution in [3.05, 3.63) is 292 Å². The van der Waals surface area contributed by atoms with Gasteiger partial charge >= 0.3 is 0 Å². The zero-order chi connectivity index (χ0) is 50.6. The molecule has 0 saturated heterocycles. The SMILES string of the molecule is c1ccc(-c2cc(-c3ccccc3)cc(-c3c4ccc(N(c5ccncc5)c5ccncc5)cc4c(-c4cc(-c5ccccc5)cc(-c5ccccc5)c4)c4ccc(N(c5ccncc5)c5ccncc5)cc34)c2)cc1. The molecule has 0 fully saturated rings. The number of rotatable bonds is 12. The van der Waals surface area contributed by atoms with Crippen LogP contribution in [0.2, 0.25) is 0 Å². The molecule has 0 saturated carbocycles. The van der Waals surface area contributed by atoms with Crippen molar-refractivity contribution in [1.82, 2.24) is 19.9 Å². The van der Waals surface area contributed by atoms with E-state index in [1.807, 2.05) is 49.6 Å². The van der Waals surface area contributed by atoms with Crippen LogP contribution in [0.1, 0.15) is 0 Å². The van der Waals surface area contributed by atoms with E-state index in [0.717, 1.165) is 122 Å². The molecule has 6 nitrogen and oxygen atoms in total. The summed E-state index contributed by atoms with van der Waals surface area (Å²) in [6, 6.07) is 87.6. The molecule has 0 N–H and O–H groups in total. The smallest absolute Gasteiger partial charge is 0.0492 e. The fraction of sp³-hybridized carbons (Fsp3) is 0. The molecule has 358 valence electrons. The molecule has 13 rings (SSSR count). The van der Waals surface area contributed by atoms with Crippen LogP contribution in [0.5, 0.6) is 0 Å². The minimum atomic E-state index is 0.987. The van der Waals surface area contributed by atoms with Crippen LogP contribution in [0.4, 0.5) is 34.1 Å². The van der Waals surface area contributed by atoms with Crippen molar-refractivity contribution >= 4 is 55.7 Å². The highest BCUT2D eigenvalue weighted by molar-refractivity contribution is 6.23. The molecule has 0 aliphatic rings. The number of nitrogens with zero attached hydrogens (tertiary/aromatic N) is 6. The Morgan fingerprint density at radius 1 is 0.184 bits per heavy atom. The molecule has 0 spiro atoms. The van der Waals surface area contributed by atoms with Gasteiger partial charge in [-0.1, -0.05) is 133 Å². The Morgan fingerprint density at radius 2 is 0.434 bits per heavy atom. The number of anilines is 6. The third-order valence-corrected chi connectivity index (χ3v) is 14.2. The maximum Gasteiger partial charge on any atom is 0.0492 e. The lowest BCUT2D eigenvalue weighted by atomic mass is 9.83. The number of fused-ring (bicyclic) bond motifs is 2. The minimum absolute atomic E-state index is 0.987. The normalized spacial score (nSPS) is 11.2. The molecule has 4 heterocycles. The van der Waals surface area contributed by atoms with Gasteiger partial charge in [-0.05, 0) is 198 Å². The third-order valence-electron chi connectivity index (χ3n) is 14.2. The maximum atomic E-state index is 4.43. The van der Waals surface area contributed by atoms with Gasteiger partial charge in [-0.2, -0.15) is 0 Å². The van der Waals surface area contributed by atoms with Crippen molar-refractivity contribution < 1.29 is 0 Å². The van der Waals surface area contributed by atoms with Crippen LogP contribution < -0.4 is 9.80 Å². The third kappa shape index (κ3) is 8.90.